The van der Waals surface area contributed by atoms with Gasteiger partial charge in [-0.15, -0.1) is 0 Å². The predicted octanol–water partition coefficient (Wildman–Crippen LogP) is 6.66. The molecule has 1 N–H and O–H groups in total. The third-order valence-electron chi connectivity index (χ3n) is 5.32. The summed E-state index contributed by atoms with van der Waals surface area (Å²) < 4.78 is 5.99. The van der Waals surface area contributed by atoms with Crippen molar-refractivity contribution in [3.8, 4) is 5.75 Å². The summed E-state index contributed by atoms with van der Waals surface area (Å²) in [5.74, 6) is 2.31. The molecule has 0 heterocycles. The van der Waals surface area contributed by atoms with Crippen LogP contribution in [0.4, 0.5) is 0 Å². The number of hydrogen-bond acceptors (Lipinski definition) is 3. The Morgan fingerprint density at radius 2 is 1.74 bits per heavy atom. The quantitative estimate of drug-likeness (QED) is 0.310. The third-order valence-corrected chi connectivity index (χ3v) is 5.32. The number of carbonyl (C=O) groups excluding carboxylic acids is 1. The molecule has 0 aliphatic rings. The minimum Gasteiger partial charge on any atom is -0.512 e. The molecule has 27 heavy (non-hydrogen) atoms. The number of aliphatic hydroxyl groups is 1. The molecule has 3 nitrogen and oxygen atoms in total. The fourth-order valence-electron chi connectivity index (χ4n) is 3.43. The van der Waals surface area contributed by atoms with Crippen molar-refractivity contribution in [1.82, 2.24) is 0 Å². The van der Waals surface area contributed by atoms with Crippen molar-refractivity contribution < 1.29 is 14.6 Å². The number of allylic oxidation sites excluding steroid dienone is 2. The van der Waals surface area contributed by atoms with Crippen LogP contribution in [0.1, 0.15) is 78.7 Å². The number of benzene rings is 1. The van der Waals surface area contributed by atoms with Gasteiger partial charge in [-0.1, -0.05) is 65.0 Å². The molecule has 1 rings (SSSR count). The van der Waals surface area contributed by atoms with Crippen molar-refractivity contribution in [2.45, 2.75) is 79.6 Å². The maximum absolute atomic E-state index is 11.6. The van der Waals surface area contributed by atoms with Gasteiger partial charge in [0.2, 0.25) is 0 Å². The summed E-state index contributed by atoms with van der Waals surface area (Å²) in [4.78, 5) is 11.6. The molecule has 0 radical (unpaired) electrons. The first-order chi connectivity index (χ1) is 12.9. The van der Waals surface area contributed by atoms with E-state index in [9.17, 15) is 9.90 Å². The largest absolute Gasteiger partial charge is 0.512 e. The Hall–Kier alpha value is -1.77. The zero-order valence-electron chi connectivity index (χ0n) is 17.9. The zero-order chi connectivity index (χ0) is 20.2. The maximum atomic E-state index is 11.6. The number of Topliss-reactive ketones (excluding diaryl/α,β-unsaturated/α-hetero) is 1. The van der Waals surface area contributed by atoms with Crippen LogP contribution in [-0.4, -0.2) is 17.5 Å². The van der Waals surface area contributed by atoms with Gasteiger partial charge >= 0.3 is 0 Å². The number of carbonyl (C=O) groups is 1. The molecule has 2 unspecified atom stereocenters. The summed E-state index contributed by atoms with van der Waals surface area (Å²) >= 11 is 0. The van der Waals surface area contributed by atoms with Gasteiger partial charge in [0.25, 0.3) is 0 Å². The highest BCUT2D eigenvalue weighted by Gasteiger charge is 2.11. The van der Waals surface area contributed by atoms with Crippen LogP contribution >= 0.6 is 0 Å². The van der Waals surface area contributed by atoms with Crippen LogP contribution in [0.25, 0.3) is 0 Å². The van der Waals surface area contributed by atoms with Gasteiger partial charge in [0, 0.05) is 12.0 Å². The highest BCUT2D eigenvalue weighted by atomic mass is 16.5. The third kappa shape index (κ3) is 9.12. The summed E-state index contributed by atoms with van der Waals surface area (Å²) in [5.41, 5.74) is 1.46. The second-order valence-electron chi connectivity index (χ2n) is 7.85. The first-order valence-corrected chi connectivity index (χ1v) is 10.5. The predicted molar refractivity (Wildman–Crippen MR) is 113 cm³/mol. The van der Waals surface area contributed by atoms with Gasteiger partial charge in [-0.2, -0.15) is 0 Å². The number of aliphatic hydroxyl groups excluding tert-OH is 1. The van der Waals surface area contributed by atoms with E-state index in [0.29, 0.717) is 17.9 Å². The molecule has 2 atom stereocenters. The number of rotatable bonds is 13. The van der Waals surface area contributed by atoms with Crippen LogP contribution in [0.5, 0.6) is 5.75 Å². The molecule has 0 amide bonds. The maximum Gasteiger partial charge on any atom is 0.159 e. The molecule has 1 aromatic rings. The SMILES string of the molecule is CCCC(C)CCCC(CC)COc1ccc(C/C(C(C)=O)=C(\C)O)cc1. The van der Waals surface area contributed by atoms with Crippen LogP contribution in [0.15, 0.2) is 35.6 Å². The molecule has 0 saturated heterocycles. The van der Waals surface area contributed by atoms with Gasteiger partial charge in [-0.05, 0) is 49.8 Å². The van der Waals surface area contributed by atoms with Gasteiger partial charge in [0.05, 0.1) is 12.4 Å². The monoisotopic (exact) mass is 374 g/mol. The lowest BCUT2D eigenvalue weighted by Crippen LogP contribution is -2.12. The Bertz CT molecular complexity index is 582. The molecular weight excluding hydrogens is 336 g/mol. The number of ether oxygens (including phenoxy) is 1. The van der Waals surface area contributed by atoms with E-state index >= 15 is 0 Å². The molecule has 0 spiro atoms. The van der Waals surface area contributed by atoms with E-state index in [1.54, 1.807) is 6.92 Å². The van der Waals surface area contributed by atoms with Crippen LogP contribution in [0.3, 0.4) is 0 Å². The van der Waals surface area contributed by atoms with Gasteiger partial charge in [-0.3, -0.25) is 4.79 Å². The van der Waals surface area contributed by atoms with Crippen molar-refractivity contribution in [2.75, 3.05) is 6.61 Å². The Labute approximate surface area is 165 Å². The lowest BCUT2D eigenvalue weighted by atomic mass is 9.94. The highest BCUT2D eigenvalue weighted by Crippen LogP contribution is 2.21. The van der Waals surface area contributed by atoms with Crippen molar-refractivity contribution in [1.29, 1.82) is 0 Å². The van der Waals surface area contributed by atoms with Gasteiger partial charge < -0.3 is 9.84 Å². The van der Waals surface area contributed by atoms with Crippen molar-refractivity contribution in [3.63, 3.8) is 0 Å². The topological polar surface area (TPSA) is 46.5 Å². The second kappa shape index (κ2) is 12.6. The Kier molecular flexibility index (Phi) is 10.8. The molecule has 0 fully saturated rings. The van der Waals surface area contributed by atoms with E-state index in [-0.39, 0.29) is 11.5 Å². The first-order valence-electron chi connectivity index (χ1n) is 10.5. The van der Waals surface area contributed by atoms with Crippen LogP contribution < -0.4 is 4.74 Å². The van der Waals surface area contributed by atoms with Crippen LogP contribution in [-0.2, 0) is 11.2 Å². The Balaban J connectivity index is 2.47. The van der Waals surface area contributed by atoms with Crippen molar-refractivity contribution >= 4 is 5.78 Å². The summed E-state index contributed by atoms with van der Waals surface area (Å²) in [6, 6.07) is 7.84. The fourth-order valence-corrected chi connectivity index (χ4v) is 3.43. The Morgan fingerprint density at radius 1 is 1.07 bits per heavy atom. The smallest absolute Gasteiger partial charge is 0.159 e. The zero-order valence-corrected chi connectivity index (χ0v) is 17.9. The first kappa shape index (κ1) is 23.3. The van der Waals surface area contributed by atoms with Crippen molar-refractivity contribution in [3.05, 3.63) is 41.2 Å². The van der Waals surface area contributed by atoms with E-state index in [1.807, 2.05) is 24.3 Å². The molecule has 0 aliphatic heterocycles. The molecule has 1 aromatic carbocycles. The van der Waals surface area contributed by atoms with Gasteiger partial charge in [0.15, 0.2) is 5.78 Å². The summed E-state index contributed by atoms with van der Waals surface area (Å²) in [6.45, 7) is 10.6. The minimum atomic E-state index is -0.0885. The molecule has 152 valence electrons. The molecule has 0 bridgehead atoms. The normalized spacial score (nSPS) is 14.4. The number of ketones is 1. The standard InChI is InChI=1S/C24H38O3/c1-6-9-18(3)10-8-11-21(7-2)17-27-23-14-12-22(13-15-23)16-24(19(4)25)20(5)26/h12-15,18,21,25H,6-11,16-17H2,1-5H3/b24-19-. The molecule has 0 aliphatic carbocycles. The molecular formula is C24H38O3. The average Bonchev–Trinajstić information content (AvgIpc) is 2.63. The fraction of sp³-hybridized carbons (Fsp3) is 0.625. The summed E-state index contributed by atoms with van der Waals surface area (Å²) in [6.07, 6.45) is 8.02. The van der Waals surface area contributed by atoms with Gasteiger partial charge in [-0.25, -0.2) is 0 Å². The van der Waals surface area contributed by atoms with Crippen molar-refractivity contribution in [2.24, 2.45) is 11.8 Å². The summed E-state index contributed by atoms with van der Waals surface area (Å²) in [5, 5.41) is 9.64. The van der Waals surface area contributed by atoms with E-state index in [2.05, 4.69) is 20.8 Å². The lowest BCUT2D eigenvalue weighted by Gasteiger charge is -2.17. The van der Waals surface area contributed by atoms with E-state index in [4.69, 9.17) is 4.74 Å². The Morgan fingerprint density at radius 3 is 2.26 bits per heavy atom. The lowest BCUT2D eigenvalue weighted by molar-refractivity contribution is -0.113. The molecule has 3 heteroatoms. The van der Waals surface area contributed by atoms with E-state index in [1.165, 1.54) is 39.0 Å². The van der Waals surface area contributed by atoms with E-state index < -0.39 is 0 Å². The summed E-state index contributed by atoms with van der Waals surface area (Å²) in [7, 11) is 0. The van der Waals surface area contributed by atoms with Crippen LogP contribution in [0.2, 0.25) is 0 Å². The van der Waals surface area contributed by atoms with E-state index in [0.717, 1.165) is 30.3 Å². The number of hydrogen-bond donors (Lipinski definition) is 1. The van der Waals surface area contributed by atoms with Crippen LogP contribution in [0, 0.1) is 11.8 Å². The highest BCUT2D eigenvalue weighted by molar-refractivity contribution is 5.94. The molecule has 0 saturated carbocycles. The minimum absolute atomic E-state index is 0.0885. The van der Waals surface area contributed by atoms with Gasteiger partial charge in [0.1, 0.15) is 5.75 Å². The molecule has 0 aromatic heterocycles. The average molecular weight is 375 g/mol. The second-order valence-corrected chi connectivity index (χ2v) is 7.85.